The average Bonchev–Trinajstić information content (AvgIpc) is 2.99. The van der Waals surface area contributed by atoms with Crippen LogP contribution < -0.4 is 5.73 Å². The van der Waals surface area contributed by atoms with Crippen molar-refractivity contribution in [3.05, 3.63) is 35.4 Å². The van der Waals surface area contributed by atoms with Crippen molar-refractivity contribution in [1.29, 1.82) is 0 Å². The number of amides is 2. The van der Waals surface area contributed by atoms with E-state index in [-0.39, 0.29) is 11.3 Å². The molecule has 1 aliphatic heterocycles. The summed E-state index contributed by atoms with van der Waals surface area (Å²) in [7, 11) is 1.67. The second-order valence-corrected chi connectivity index (χ2v) is 7.24. The monoisotopic (exact) mass is 330 g/mol. The van der Waals surface area contributed by atoms with Gasteiger partial charge in [-0.15, -0.1) is 0 Å². The van der Waals surface area contributed by atoms with Gasteiger partial charge in [-0.1, -0.05) is 18.6 Å². The molecule has 0 aromatic heterocycles. The maximum absolute atomic E-state index is 12.9. The summed E-state index contributed by atoms with van der Waals surface area (Å²) in [6.07, 6.45) is 4.90. The Kier molecular flexibility index (Phi) is 4.90. The Morgan fingerprint density at radius 3 is 2.79 bits per heavy atom. The first-order valence-electron chi connectivity index (χ1n) is 8.71. The Morgan fingerprint density at radius 1 is 1.38 bits per heavy atom. The Morgan fingerprint density at radius 2 is 2.17 bits per heavy atom. The smallest absolute Gasteiger partial charge is 0.248 e. The van der Waals surface area contributed by atoms with Crippen LogP contribution in [-0.2, 0) is 16.0 Å². The average molecular weight is 330 g/mol. The summed E-state index contributed by atoms with van der Waals surface area (Å²) in [5.74, 6) is 0.312. The summed E-state index contributed by atoms with van der Waals surface area (Å²) >= 11 is 0. The number of methoxy groups -OCH3 is 1. The molecule has 1 aliphatic carbocycles. The van der Waals surface area contributed by atoms with Crippen molar-refractivity contribution >= 4 is 11.8 Å². The molecule has 1 aromatic rings. The van der Waals surface area contributed by atoms with Crippen LogP contribution in [0.5, 0.6) is 0 Å². The van der Waals surface area contributed by atoms with Gasteiger partial charge in [0.05, 0.1) is 12.0 Å². The zero-order valence-corrected chi connectivity index (χ0v) is 14.3. The molecule has 2 N–H and O–H groups in total. The van der Waals surface area contributed by atoms with Crippen LogP contribution in [0.4, 0.5) is 0 Å². The molecule has 2 amide bonds. The van der Waals surface area contributed by atoms with Gasteiger partial charge in [0, 0.05) is 25.8 Å². The Hall–Kier alpha value is -1.88. The lowest BCUT2D eigenvalue weighted by atomic mass is 9.68. The minimum Gasteiger partial charge on any atom is -0.384 e. The van der Waals surface area contributed by atoms with Gasteiger partial charge in [-0.3, -0.25) is 9.59 Å². The first kappa shape index (κ1) is 17.0. The largest absolute Gasteiger partial charge is 0.384 e. The summed E-state index contributed by atoms with van der Waals surface area (Å²) in [4.78, 5) is 26.2. The van der Waals surface area contributed by atoms with E-state index < -0.39 is 5.91 Å². The van der Waals surface area contributed by atoms with E-state index in [1.165, 1.54) is 0 Å². The number of hydrogen-bond acceptors (Lipinski definition) is 3. The lowest BCUT2D eigenvalue weighted by Crippen LogP contribution is -2.49. The molecule has 24 heavy (non-hydrogen) atoms. The summed E-state index contributed by atoms with van der Waals surface area (Å²) in [5, 5.41) is 0. The molecule has 1 atom stereocenters. The van der Waals surface area contributed by atoms with Gasteiger partial charge in [-0.2, -0.15) is 0 Å². The lowest BCUT2D eigenvalue weighted by molar-refractivity contribution is -0.151. The molecule has 1 heterocycles. The quantitative estimate of drug-likeness (QED) is 0.867. The Bertz CT molecular complexity index is 625. The fraction of sp³-hybridized carbons (Fsp3) is 0.579. The number of primary amides is 1. The topological polar surface area (TPSA) is 72.6 Å². The van der Waals surface area contributed by atoms with E-state index in [1.54, 1.807) is 13.2 Å². The van der Waals surface area contributed by atoms with Gasteiger partial charge in [0.25, 0.3) is 0 Å². The van der Waals surface area contributed by atoms with Gasteiger partial charge in [-0.25, -0.2) is 0 Å². The summed E-state index contributed by atoms with van der Waals surface area (Å²) in [6.45, 7) is 2.16. The molecule has 130 valence electrons. The van der Waals surface area contributed by atoms with Crippen LogP contribution in [0, 0.1) is 11.3 Å². The molecule has 0 spiro atoms. The van der Waals surface area contributed by atoms with E-state index in [4.69, 9.17) is 10.5 Å². The van der Waals surface area contributed by atoms with E-state index in [9.17, 15) is 9.59 Å². The highest BCUT2D eigenvalue weighted by Gasteiger charge is 2.47. The number of likely N-dealkylation sites (tertiary alicyclic amines) is 1. The van der Waals surface area contributed by atoms with Crippen molar-refractivity contribution in [2.24, 2.45) is 17.1 Å². The van der Waals surface area contributed by atoms with Gasteiger partial charge in [0.1, 0.15) is 0 Å². The van der Waals surface area contributed by atoms with Crippen molar-refractivity contribution in [3.63, 3.8) is 0 Å². The number of carbonyl (C=O) groups excluding carboxylic acids is 2. The van der Waals surface area contributed by atoms with Crippen molar-refractivity contribution in [2.75, 3.05) is 26.8 Å². The standard InChI is InChI=1S/C19H26N2O3/c1-24-13-19(7-3-8-19)18(23)21-9-6-15(12-21)10-14-4-2-5-16(11-14)17(20)22/h2,4-5,11,15H,3,6-10,12-13H2,1H3,(H2,20,22)/t15-/m0/s1. The van der Waals surface area contributed by atoms with Crippen LogP contribution in [0.3, 0.4) is 0 Å². The zero-order chi connectivity index (χ0) is 17.2. The molecule has 3 rings (SSSR count). The fourth-order valence-corrected chi connectivity index (χ4v) is 4.00. The number of ether oxygens (including phenoxy) is 1. The summed E-state index contributed by atoms with van der Waals surface area (Å²) in [6, 6.07) is 7.50. The third kappa shape index (κ3) is 3.31. The van der Waals surface area contributed by atoms with Crippen LogP contribution >= 0.6 is 0 Å². The van der Waals surface area contributed by atoms with E-state index in [0.717, 1.165) is 50.8 Å². The van der Waals surface area contributed by atoms with Gasteiger partial charge in [0.2, 0.25) is 11.8 Å². The normalized spacial score (nSPS) is 22.2. The highest BCUT2D eigenvalue weighted by atomic mass is 16.5. The fourth-order valence-electron chi connectivity index (χ4n) is 4.00. The van der Waals surface area contributed by atoms with Crippen LogP contribution in [0.1, 0.15) is 41.6 Å². The van der Waals surface area contributed by atoms with Crippen molar-refractivity contribution in [3.8, 4) is 0 Å². The van der Waals surface area contributed by atoms with Crippen molar-refractivity contribution in [2.45, 2.75) is 32.1 Å². The number of benzene rings is 1. The minimum absolute atomic E-state index is 0.268. The molecular weight excluding hydrogens is 304 g/mol. The molecule has 1 saturated carbocycles. The number of nitrogens with two attached hydrogens (primary N) is 1. The van der Waals surface area contributed by atoms with E-state index in [2.05, 4.69) is 0 Å². The SMILES string of the molecule is COCC1(C(=O)N2CC[C@@H](Cc3cccc(C(N)=O)c3)C2)CCC1. The van der Waals surface area contributed by atoms with E-state index in [0.29, 0.717) is 18.1 Å². The number of carbonyl (C=O) groups is 2. The summed E-state index contributed by atoms with van der Waals surface area (Å²) < 4.78 is 5.30. The molecular formula is C19H26N2O3. The maximum atomic E-state index is 12.9. The Labute approximate surface area is 143 Å². The number of nitrogens with zero attached hydrogens (tertiary/aromatic N) is 1. The third-order valence-corrected chi connectivity index (χ3v) is 5.49. The molecule has 2 fully saturated rings. The number of hydrogen-bond donors (Lipinski definition) is 1. The molecule has 1 saturated heterocycles. The zero-order valence-electron chi connectivity index (χ0n) is 14.3. The number of rotatable bonds is 6. The van der Waals surface area contributed by atoms with Crippen LogP contribution in [-0.4, -0.2) is 43.5 Å². The van der Waals surface area contributed by atoms with Gasteiger partial charge < -0.3 is 15.4 Å². The first-order valence-corrected chi connectivity index (χ1v) is 8.71. The molecule has 0 radical (unpaired) electrons. The maximum Gasteiger partial charge on any atom is 0.248 e. The van der Waals surface area contributed by atoms with Gasteiger partial charge >= 0.3 is 0 Å². The van der Waals surface area contributed by atoms with Crippen LogP contribution in [0.15, 0.2) is 24.3 Å². The summed E-state index contributed by atoms with van der Waals surface area (Å²) in [5.41, 5.74) is 6.74. The second kappa shape index (κ2) is 6.93. The predicted octanol–water partition coefficient (Wildman–Crippen LogP) is 1.99. The molecule has 2 aliphatic rings. The van der Waals surface area contributed by atoms with Crippen LogP contribution in [0.2, 0.25) is 0 Å². The van der Waals surface area contributed by atoms with Gasteiger partial charge in [-0.05, 0) is 49.3 Å². The molecule has 0 bridgehead atoms. The Balaban J connectivity index is 1.60. The van der Waals surface area contributed by atoms with Crippen molar-refractivity contribution < 1.29 is 14.3 Å². The lowest BCUT2D eigenvalue weighted by Gasteiger charge is -2.42. The first-order chi connectivity index (χ1) is 11.5. The minimum atomic E-state index is -0.397. The molecule has 0 unspecified atom stereocenters. The van der Waals surface area contributed by atoms with E-state index >= 15 is 0 Å². The second-order valence-electron chi connectivity index (χ2n) is 7.24. The third-order valence-electron chi connectivity index (χ3n) is 5.49. The van der Waals surface area contributed by atoms with Crippen LogP contribution in [0.25, 0.3) is 0 Å². The molecule has 1 aromatic carbocycles. The van der Waals surface area contributed by atoms with E-state index in [1.807, 2.05) is 23.1 Å². The highest BCUT2D eigenvalue weighted by Crippen LogP contribution is 2.43. The molecule has 5 nitrogen and oxygen atoms in total. The van der Waals surface area contributed by atoms with Crippen molar-refractivity contribution in [1.82, 2.24) is 4.90 Å². The molecule has 5 heteroatoms. The highest BCUT2D eigenvalue weighted by molar-refractivity contribution is 5.92. The predicted molar refractivity (Wildman–Crippen MR) is 91.5 cm³/mol. The van der Waals surface area contributed by atoms with Gasteiger partial charge in [0.15, 0.2) is 0 Å².